The molecule has 0 aromatic rings. The Kier molecular flexibility index (Phi) is 4.36. The third kappa shape index (κ3) is 3.60. The van der Waals surface area contributed by atoms with E-state index in [9.17, 15) is 4.79 Å². The highest BCUT2D eigenvalue weighted by molar-refractivity contribution is 5.77. The van der Waals surface area contributed by atoms with Crippen molar-refractivity contribution in [1.29, 1.82) is 0 Å². The molecule has 0 saturated carbocycles. The summed E-state index contributed by atoms with van der Waals surface area (Å²) in [5.74, 6) is 0. The van der Waals surface area contributed by atoms with Gasteiger partial charge in [-0.15, -0.1) is 0 Å². The van der Waals surface area contributed by atoms with E-state index in [4.69, 9.17) is 0 Å². The molecular formula is C14H28N4O. The molecule has 5 heteroatoms. The van der Waals surface area contributed by atoms with Crippen LogP contribution >= 0.6 is 0 Å². The summed E-state index contributed by atoms with van der Waals surface area (Å²) >= 11 is 0. The van der Waals surface area contributed by atoms with Gasteiger partial charge in [-0.2, -0.15) is 0 Å². The normalized spacial score (nSPS) is 29.7. The maximum absolute atomic E-state index is 12.0. The summed E-state index contributed by atoms with van der Waals surface area (Å²) in [5.41, 5.74) is 0.133. The average Bonchev–Trinajstić information content (AvgIpc) is 2.70. The molecule has 2 N–H and O–H groups in total. The molecule has 0 aromatic heterocycles. The Morgan fingerprint density at radius 1 is 1.37 bits per heavy atom. The smallest absolute Gasteiger partial charge is 0.317 e. The highest BCUT2D eigenvalue weighted by Crippen LogP contribution is 2.24. The zero-order valence-electron chi connectivity index (χ0n) is 12.7. The highest BCUT2D eigenvalue weighted by Gasteiger charge is 2.36. The molecule has 2 aliphatic heterocycles. The lowest BCUT2D eigenvalue weighted by molar-refractivity contribution is 0.170. The number of hydrogen-bond donors (Lipinski definition) is 2. The summed E-state index contributed by atoms with van der Waals surface area (Å²) in [7, 11) is 2.17. The minimum Gasteiger partial charge on any atom is -0.333 e. The van der Waals surface area contributed by atoms with Crippen LogP contribution in [0.3, 0.4) is 0 Å². The second kappa shape index (κ2) is 5.67. The molecule has 2 rings (SSSR count). The number of carbonyl (C=O) groups excluding carboxylic acids is 1. The van der Waals surface area contributed by atoms with Gasteiger partial charge in [0.25, 0.3) is 0 Å². The van der Waals surface area contributed by atoms with E-state index >= 15 is 0 Å². The molecule has 0 radical (unpaired) electrons. The van der Waals surface area contributed by atoms with Gasteiger partial charge in [-0.3, -0.25) is 0 Å². The molecule has 2 amide bonds. The van der Waals surface area contributed by atoms with E-state index in [-0.39, 0.29) is 17.5 Å². The van der Waals surface area contributed by atoms with Gasteiger partial charge in [-0.05, 0) is 18.9 Å². The second-order valence-electron chi connectivity index (χ2n) is 6.94. The summed E-state index contributed by atoms with van der Waals surface area (Å²) in [6, 6.07) is 0.920. The Labute approximate surface area is 116 Å². The van der Waals surface area contributed by atoms with Gasteiger partial charge in [0.15, 0.2) is 0 Å². The number of likely N-dealkylation sites (N-methyl/N-ethyl adjacent to an activating group) is 1. The third-order valence-electron chi connectivity index (χ3n) is 4.41. The van der Waals surface area contributed by atoms with Crippen LogP contribution in [-0.2, 0) is 0 Å². The van der Waals surface area contributed by atoms with Crippen LogP contribution in [0.2, 0.25) is 0 Å². The van der Waals surface area contributed by atoms with Crippen molar-refractivity contribution in [2.24, 2.45) is 5.41 Å². The molecule has 2 heterocycles. The number of amides is 2. The topological polar surface area (TPSA) is 47.6 Å². The summed E-state index contributed by atoms with van der Waals surface area (Å²) < 4.78 is 0. The van der Waals surface area contributed by atoms with Gasteiger partial charge in [0.2, 0.25) is 0 Å². The zero-order valence-corrected chi connectivity index (χ0v) is 12.7. The van der Waals surface area contributed by atoms with E-state index in [2.05, 4.69) is 43.4 Å². The number of piperazine rings is 1. The lowest BCUT2D eigenvalue weighted by Gasteiger charge is -2.34. The quantitative estimate of drug-likeness (QED) is 0.793. The van der Waals surface area contributed by atoms with Crippen molar-refractivity contribution >= 4 is 6.03 Å². The number of rotatable bonds is 3. The Bertz CT molecular complexity index is 326. The molecule has 2 aliphatic rings. The first kappa shape index (κ1) is 14.6. The monoisotopic (exact) mass is 268 g/mol. The molecule has 2 unspecified atom stereocenters. The molecule has 2 fully saturated rings. The van der Waals surface area contributed by atoms with E-state index < -0.39 is 0 Å². The van der Waals surface area contributed by atoms with Crippen LogP contribution in [0.15, 0.2) is 0 Å². The van der Waals surface area contributed by atoms with Crippen LogP contribution in [0.25, 0.3) is 0 Å². The molecule has 0 bridgehead atoms. The number of nitrogens with zero attached hydrogens (tertiary/aromatic N) is 2. The molecule has 2 saturated heterocycles. The Morgan fingerprint density at radius 3 is 2.68 bits per heavy atom. The molecule has 110 valence electrons. The SMILES string of the molecule is CN1CCNCC1CCN1CC(C(C)(C)C)NC1=O. The standard InChI is InChI=1S/C14H28N4O/c1-14(2,3)12-10-18(13(19)16-12)7-5-11-9-15-6-8-17(11)4/h11-12,15H,5-10H2,1-4H3,(H,16,19). The summed E-state index contributed by atoms with van der Waals surface area (Å²) in [6.07, 6.45) is 1.05. The largest absolute Gasteiger partial charge is 0.333 e. The molecule has 0 aliphatic carbocycles. The van der Waals surface area contributed by atoms with E-state index in [1.165, 1.54) is 0 Å². The van der Waals surface area contributed by atoms with Gasteiger partial charge < -0.3 is 20.4 Å². The maximum Gasteiger partial charge on any atom is 0.317 e. The zero-order chi connectivity index (χ0) is 14.0. The van der Waals surface area contributed by atoms with Crippen LogP contribution < -0.4 is 10.6 Å². The summed E-state index contributed by atoms with van der Waals surface area (Å²) in [4.78, 5) is 16.3. The lowest BCUT2D eigenvalue weighted by Crippen LogP contribution is -2.50. The highest BCUT2D eigenvalue weighted by atomic mass is 16.2. The summed E-state index contributed by atoms with van der Waals surface area (Å²) in [6.45, 7) is 11.4. The number of hydrogen-bond acceptors (Lipinski definition) is 3. The predicted molar refractivity (Wildman–Crippen MR) is 77.3 cm³/mol. The molecule has 2 atom stereocenters. The van der Waals surface area contributed by atoms with Crippen molar-refractivity contribution in [3.05, 3.63) is 0 Å². The third-order valence-corrected chi connectivity index (χ3v) is 4.41. The van der Waals surface area contributed by atoms with Crippen LogP contribution in [0, 0.1) is 5.41 Å². The predicted octanol–water partition coefficient (Wildman–Crippen LogP) is 0.720. The van der Waals surface area contributed by atoms with Crippen LogP contribution in [0.1, 0.15) is 27.2 Å². The van der Waals surface area contributed by atoms with Crippen LogP contribution in [0.4, 0.5) is 4.79 Å². The van der Waals surface area contributed by atoms with Gasteiger partial charge >= 0.3 is 6.03 Å². The Morgan fingerprint density at radius 2 is 2.11 bits per heavy atom. The Balaban J connectivity index is 1.81. The van der Waals surface area contributed by atoms with Crippen molar-refractivity contribution in [2.45, 2.75) is 39.3 Å². The minimum atomic E-state index is 0.103. The molecule has 0 spiro atoms. The maximum atomic E-state index is 12.0. The molecular weight excluding hydrogens is 240 g/mol. The fourth-order valence-corrected chi connectivity index (χ4v) is 2.76. The van der Waals surface area contributed by atoms with Crippen LogP contribution in [0.5, 0.6) is 0 Å². The van der Waals surface area contributed by atoms with Crippen molar-refractivity contribution < 1.29 is 4.79 Å². The fourth-order valence-electron chi connectivity index (χ4n) is 2.76. The van der Waals surface area contributed by atoms with E-state index in [1.54, 1.807) is 0 Å². The molecule has 19 heavy (non-hydrogen) atoms. The van der Waals surface area contributed by atoms with Gasteiger partial charge in [0.1, 0.15) is 0 Å². The molecule has 5 nitrogen and oxygen atoms in total. The lowest BCUT2D eigenvalue weighted by atomic mass is 9.87. The van der Waals surface area contributed by atoms with Crippen molar-refractivity contribution in [3.63, 3.8) is 0 Å². The number of carbonyl (C=O) groups is 1. The van der Waals surface area contributed by atoms with Gasteiger partial charge in [0.05, 0.1) is 6.04 Å². The van der Waals surface area contributed by atoms with Gasteiger partial charge in [0, 0.05) is 38.8 Å². The average molecular weight is 268 g/mol. The van der Waals surface area contributed by atoms with E-state index in [0.717, 1.165) is 39.1 Å². The van der Waals surface area contributed by atoms with Gasteiger partial charge in [-0.1, -0.05) is 20.8 Å². The van der Waals surface area contributed by atoms with Crippen molar-refractivity contribution in [2.75, 3.05) is 39.8 Å². The van der Waals surface area contributed by atoms with Crippen molar-refractivity contribution in [3.8, 4) is 0 Å². The summed E-state index contributed by atoms with van der Waals surface area (Å²) in [5, 5.41) is 6.52. The van der Waals surface area contributed by atoms with Crippen LogP contribution in [-0.4, -0.2) is 67.7 Å². The number of nitrogens with one attached hydrogen (secondary N) is 2. The van der Waals surface area contributed by atoms with Gasteiger partial charge in [-0.25, -0.2) is 4.79 Å². The fraction of sp³-hybridized carbons (Fsp3) is 0.929. The first-order valence-electron chi connectivity index (χ1n) is 7.34. The van der Waals surface area contributed by atoms with E-state index in [1.807, 2.05) is 4.90 Å². The first-order chi connectivity index (χ1) is 8.88. The van der Waals surface area contributed by atoms with E-state index in [0.29, 0.717) is 6.04 Å². The minimum absolute atomic E-state index is 0.103. The van der Waals surface area contributed by atoms with Crippen molar-refractivity contribution in [1.82, 2.24) is 20.4 Å². The first-order valence-corrected chi connectivity index (χ1v) is 7.34. The molecule has 0 aromatic carbocycles. The second-order valence-corrected chi connectivity index (χ2v) is 6.94. The number of urea groups is 1. The Hall–Kier alpha value is -0.810.